The molecule has 2 aromatic rings. The van der Waals surface area contributed by atoms with Crippen LogP contribution in [0.3, 0.4) is 0 Å². The van der Waals surface area contributed by atoms with E-state index in [2.05, 4.69) is 5.32 Å². The molecule has 3 N–H and O–H groups in total. The summed E-state index contributed by atoms with van der Waals surface area (Å²) >= 11 is 10.3. The molecule has 2 rings (SSSR count). The first-order valence-electron chi connectivity index (χ1n) is 5.75. The number of hydrogen-bond acceptors (Lipinski definition) is 2. The minimum atomic E-state index is -0.826. The zero-order valence-electron chi connectivity index (χ0n) is 10.5. The highest BCUT2D eigenvalue weighted by Crippen LogP contribution is 2.20. The molecule has 7 heteroatoms. The second kappa shape index (κ2) is 6.15. The maximum atomic E-state index is 13.7. The summed E-state index contributed by atoms with van der Waals surface area (Å²) in [6.45, 7) is 0. The predicted octanol–water partition coefficient (Wildman–Crippen LogP) is 3.50. The summed E-state index contributed by atoms with van der Waals surface area (Å²) in [4.78, 5) is 11.8. The van der Waals surface area contributed by atoms with E-state index in [0.29, 0.717) is 0 Å². The number of nitrogens with two attached hydrogens (primary N) is 1. The summed E-state index contributed by atoms with van der Waals surface area (Å²) in [6.07, 6.45) is 0. The number of benzene rings is 2. The van der Waals surface area contributed by atoms with Gasteiger partial charge in [-0.3, -0.25) is 4.79 Å². The lowest BCUT2D eigenvalue weighted by Gasteiger charge is -2.09. The van der Waals surface area contributed by atoms with Crippen LogP contribution in [0.4, 0.5) is 14.5 Å². The number of anilines is 1. The molecule has 0 aliphatic rings. The van der Waals surface area contributed by atoms with E-state index in [1.54, 1.807) is 0 Å². The van der Waals surface area contributed by atoms with Crippen LogP contribution in [-0.2, 0) is 0 Å². The monoisotopic (exact) mass is 326 g/mol. The SMILES string of the molecule is NC(=S)c1cc(NC(=O)c2cccc(Cl)c2F)ccc1F. The Labute approximate surface area is 129 Å². The van der Waals surface area contributed by atoms with Gasteiger partial charge in [0.05, 0.1) is 10.6 Å². The number of rotatable bonds is 3. The quantitative estimate of drug-likeness (QED) is 0.849. The van der Waals surface area contributed by atoms with E-state index in [9.17, 15) is 13.6 Å². The van der Waals surface area contributed by atoms with Crippen LogP contribution in [0, 0.1) is 11.6 Å². The fraction of sp³-hybridized carbons (Fsp3) is 0. The second-order valence-corrected chi connectivity index (χ2v) is 4.96. The van der Waals surface area contributed by atoms with Crippen molar-refractivity contribution in [2.75, 3.05) is 5.32 Å². The second-order valence-electron chi connectivity index (χ2n) is 4.11. The van der Waals surface area contributed by atoms with Crippen molar-refractivity contribution in [2.45, 2.75) is 0 Å². The molecule has 0 atom stereocenters. The minimum absolute atomic E-state index is 0.00522. The van der Waals surface area contributed by atoms with Gasteiger partial charge in [0.15, 0.2) is 5.82 Å². The molecule has 0 aromatic heterocycles. The molecule has 0 bridgehead atoms. The van der Waals surface area contributed by atoms with Gasteiger partial charge in [-0.1, -0.05) is 29.9 Å². The molecular formula is C14H9ClF2N2OS. The molecule has 0 unspecified atom stereocenters. The topological polar surface area (TPSA) is 55.1 Å². The number of halogens is 3. The standard InChI is InChI=1S/C14H9ClF2N2OS/c15-10-3-1-2-8(12(10)17)14(20)19-7-4-5-11(16)9(6-7)13(18)21/h1-6H,(H2,18,21)(H,19,20). The summed E-state index contributed by atoms with van der Waals surface area (Å²) in [7, 11) is 0. The lowest BCUT2D eigenvalue weighted by atomic mass is 10.1. The largest absolute Gasteiger partial charge is 0.389 e. The number of carbonyl (C=O) groups excluding carboxylic acids is 1. The Morgan fingerprint density at radius 1 is 1.19 bits per heavy atom. The van der Waals surface area contributed by atoms with Crippen LogP contribution >= 0.6 is 23.8 Å². The van der Waals surface area contributed by atoms with Crippen LogP contribution < -0.4 is 11.1 Å². The van der Waals surface area contributed by atoms with Gasteiger partial charge in [0.1, 0.15) is 10.8 Å². The molecule has 2 aromatic carbocycles. The molecule has 108 valence electrons. The van der Waals surface area contributed by atoms with E-state index in [1.165, 1.54) is 30.3 Å². The Balaban J connectivity index is 2.30. The Morgan fingerprint density at radius 3 is 2.57 bits per heavy atom. The maximum absolute atomic E-state index is 13.7. The van der Waals surface area contributed by atoms with Crippen LogP contribution in [0.2, 0.25) is 5.02 Å². The molecule has 3 nitrogen and oxygen atoms in total. The fourth-order valence-corrected chi connectivity index (χ4v) is 2.00. The van der Waals surface area contributed by atoms with E-state index in [1.807, 2.05) is 0 Å². The zero-order chi connectivity index (χ0) is 15.6. The zero-order valence-corrected chi connectivity index (χ0v) is 12.1. The van der Waals surface area contributed by atoms with Gasteiger partial charge in [-0.2, -0.15) is 0 Å². The van der Waals surface area contributed by atoms with E-state index >= 15 is 0 Å². The Bertz CT molecular complexity index is 737. The third-order valence-electron chi connectivity index (χ3n) is 2.69. The van der Waals surface area contributed by atoms with Gasteiger partial charge >= 0.3 is 0 Å². The van der Waals surface area contributed by atoms with Crippen molar-refractivity contribution in [3.8, 4) is 0 Å². The summed E-state index contributed by atoms with van der Waals surface area (Å²) in [6, 6.07) is 7.77. The minimum Gasteiger partial charge on any atom is -0.389 e. The Kier molecular flexibility index (Phi) is 4.50. The van der Waals surface area contributed by atoms with Crippen molar-refractivity contribution in [1.29, 1.82) is 0 Å². The molecule has 0 spiro atoms. The molecule has 1 amide bonds. The van der Waals surface area contributed by atoms with Crippen molar-refractivity contribution in [2.24, 2.45) is 5.73 Å². The predicted molar refractivity (Wildman–Crippen MR) is 81.7 cm³/mol. The molecule has 0 aliphatic heterocycles. The van der Waals surface area contributed by atoms with Crippen LogP contribution in [-0.4, -0.2) is 10.9 Å². The van der Waals surface area contributed by atoms with Gasteiger partial charge in [0.2, 0.25) is 0 Å². The first-order chi connectivity index (χ1) is 9.90. The lowest BCUT2D eigenvalue weighted by molar-refractivity contribution is 0.102. The molecule has 0 fully saturated rings. The summed E-state index contributed by atoms with van der Waals surface area (Å²) in [5.74, 6) is -2.14. The molecular weight excluding hydrogens is 318 g/mol. The summed E-state index contributed by atoms with van der Waals surface area (Å²) in [5, 5.41) is 2.27. The molecule has 0 radical (unpaired) electrons. The third-order valence-corrected chi connectivity index (χ3v) is 3.20. The van der Waals surface area contributed by atoms with E-state index in [4.69, 9.17) is 29.6 Å². The number of amides is 1. The van der Waals surface area contributed by atoms with Crippen molar-refractivity contribution in [1.82, 2.24) is 0 Å². The van der Waals surface area contributed by atoms with Crippen LogP contribution in [0.15, 0.2) is 36.4 Å². The Hall–Kier alpha value is -2.05. The molecule has 21 heavy (non-hydrogen) atoms. The number of nitrogens with one attached hydrogen (secondary N) is 1. The fourth-order valence-electron chi connectivity index (χ4n) is 1.67. The van der Waals surface area contributed by atoms with Gasteiger partial charge in [0, 0.05) is 11.3 Å². The summed E-state index contributed by atoms with van der Waals surface area (Å²) < 4.78 is 27.2. The molecule has 0 saturated heterocycles. The van der Waals surface area contributed by atoms with Crippen LogP contribution in [0.5, 0.6) is 0 Å². The highest BCUT2D eigenvalue weighted by atomic mass is 35.5. The van der Waals surface area contributed by atoms with Gasteiger partial charge in [0.25, 0.3) is 5.91 Å². The molecule has 0 aliphatic carbocycles. The van der Waals surface area contributed by atoms with Crippen LogP contribution in [0.1, 0.15) is 15.9 Å². The van der Waals surface area contributed by atoms with Gasteiger partial charge in [-0.25, -0.2) is 8.78 Å². The number of hydrogen-bond donors (Lipinski definition) is 2. The lowest BCUT2D eigenvalue weighted by Crippen LogP contribution is -2.16. The first-order valence-corrected chi connectivity index (χ1v) is 6.53. The normalized spacial score (nSPS) is 10.2. The van der Waals surface area contributed by atoms with Gasteiger partial charge in [-0.15, -0.1) is 0 Å². The van der Waals surface area contributed by atoms with E-state index in [-0.39, 0.29) is 26.8 Å². The third kappa shape index (κ3) is 3.34. The van der Waals surface area contributed by atoms with Crippen molar-refractivity contribution in [3.05, 3.63) is 64.2 Å². The van der Waals surface area contributed by atoms with Crippen molar-refractivity contribution in [3.63, 3.8) is 0 Å². The highest BCUT2D eigenvalue weighted by Gasteiger charge is 2.15. The van der Waals surface area contributed by atoms with Gasteiger partial charge < -0.3 is 11.1 Å². The number of carbonyl (C=O) groups is 1. The molecule has 0 heterocycles. The van der Waals surface area contributed by atoms with E-state index < -0.39 is 17.5 Å². The smallest absolute Gasteiger partial charge is 0.258 e. The Morgan fingerprint density at radius 2 is 1.90 bits per heavy atom. The van der Waals surface area contributed by atoms with Crippen molar-refractivity contribution >= 4 is 40.4 Å². The first kappa shape index (κ1) is 15.3. The summed E-state index contributed by atoms with van der Waals surface area (Å²) in [5.41, 5.74) is 5.39. The maximum Gasteiger partial charge on any atom is 0.258 e. The van der Waals surface area contributed by atoms with E-state index in [0.717, 1.165) is 6.07 Å². The highest BCUT2D eigenvalue weighted by molar-refractivity contribution is 7.80. The van der Waals surface area contributed by atoms with Crippen molar-refractivity contribution < 1.29 is 13.6 Å². The average molecular weight is 327 g/mol. The van der Waals surface area contributed by atoms with Crippen LogP contribution in [0.25, 0.3) is 0 Å². The number of thiocarbonyl (C=S) groups is 1. The average Bonchev–Trinajstić information content (AvgIpc) is 2.43. The molecule has 0 saturated carbocycles. The van der Waals surface area contributed by atoms with Gasteiger partial charge in [-0.05, 0) is 30.3 Å².